The Morgan fingerprint density at radius 2 is 1.59 bits per heavy atom. The number of carbonyl (C=O) groups is 2. The predicted molar refractivity (Wildman–Crippen MR) is 120 cm³/mol. The van der Waals surface area contributed by atoms with Gasteiger partial charge in [0.1, 0.15) is 0 Å². The molecule has 172 valence electrons. The molecule has 0 saturated carbocycles. The van der Waals surface area contributed by atoms with E-state index in [0.29, 0.717) is 42.3 Å². The highest BCUT2D eigenvalue weighted by molar-refractivity contribution is 7.89. The van der Waals surface area contributed by atoms with Gasteiger partial charge in [0.2, 0.25) is 21.8 Å². The molecule has 1 aliphatic rings. The zero-order chi connectivity index (χ0) is 23.3. The highest BCUT2D eigenvalue weighted by Crippen LogP contribution is 2.32. The fraction of sp³-hybridized carbons (Fsp3) is 0.364. The molecule has 1 heterocycles. The fourth-order valence-corrected chi connectivity index (χ4v) is 5.13. The third kappa shape index (κ3) is 5.38. The third-order valence-corrected chi connectivity index (χ3v) is 7.08. The molecule has 32 heavy (non-hydrogen) atoms. The smallest absolute Gasteiger partial charge is 0.243 e. The van der Waals surface area contributed by atoms with Crippen LogP contribution in [0.25, 0.3) is 0 Å². The summed E-state index contributed by atoms with van der Waals surface area (Å²) in [5.74, 6) is -0.146. The molecular formula is C22H27N3O6S. The van der Waals surface area contributed by atoms with Crippen LogP contribution in [0, 0.1) is 5.92 Å². The normalized spacial score (nSPS) is 16.8. The van der Waals surface area contributed by atoms with E-state index in [1.807, 2.05) is 0 Å². The van der Waals surface area contributed by atoms with Gasteiger partial charge in [0.25, 0.3) is 0 Å². The number of piperidine rings is 1. The van der Waals surface area contributed by atoms with Crippen molar-refractivity contribution in [3.63, 3.8) is 0 Å². The highest BCUT2D eigenvalue weighted by Gasteiger charge is 2.33. The lowest BCUT2D eigenvalue weighted by molar-refractivity contribution is -0.121. The molecule has 0 unspecified atom stereocenters. The third-order valence-electron chi connectivity index (χ3n) is 5.22. The second kappa shape index (κ2) is 10.0. The second-order valence-electron chi connectivity index (χ2n) is 7.47. The summed E-state index contributed by atoms with van der Waals surface area (Å²) in [4.78, 5) is 24.0. The number of methoxy groups -OCH3 is 2. The molecule has 0 bridgehead atoms. The van der Waals surface area contributed by atoms with Gasteiger partial charge in [0, 0.05) is 37.5 Å². The molecule has 3 rings (SSSR count). The van der Waals surface area contributed by atoms with Crippen molar-refractivity contribution < 1.29 is 27.5 Å². The number of hydrogen-bond donors (Lipinski definition) is 2. The first-order chi connectivity index (χ1) is 15.2. The lowest BCUT2D eigenvalue weighted by Crippen LogP contribution is -2.43. The number of ether oxygens (including phenoxy) is 2. The largest absolute Gasteiger partial charge is 0.493 e. The van der Waals surface area contributed by atoms with Crippen LogP contribution < -0.4 is 20.1 Å². The monoisotopic (exact) mass is 461 g/mol. The van der Waals surface area contributed by atoms with Gasteiger partial charge in [-0.3, -0.25) is 9.59 Å². The number of sulfonamides is 1. The summed E-state index contributed by atoms with van der Waals surface area (Å²) >= 11 is 0. The molecule has 1 aliphatic heterocycles. The number of benzene rings is 2. The average molecular weight is 462 g/mol. The van der Waals surface area contributed by atoms with Gasteiger partial charge in [0.15, 0.2) is 11.5 Å². The van der Waals surface area contributed by atoms with E-state index in [1.165, 1.54) is 37.6 Å². The lowest BCUT2D eigenvalue weighted by Gasteiger charge is -2.31. The molecular weight excluding hydrogens is 434 g/mol. The Morgan fingerprint density at radius 3 is 2.19 bits per heavy atom. The number of hydrogen-bond acceptors (Lipinski definition) is 6. The average Bonchev–Trinajstić information content (AvgIpc) is 2.79. The predicted octanol–water partition coefficient (Wildman–Crippen LogP) is 2.70. The minimum atomic E-state index is -3.80. The molecule has 0 radical (unpaired) electrons. The number of nitrogens with zero attached hydrogens (tertiary/aromatic N) is 1. The van der Waals surface area contributed by atoms with Gasteiger partial charge in [-0.15, -0.1) is 0 Å². The van der Waals surface area contributed by atoms with Gasteiger partial charge in [0.05, 0.1) is 25.0 Å². The van der Waals surface area contributed by atoms with Crippen LogP contribution in [0.15, 0.2) is 47.4 Å². The minimum absolute atomic E-state index is 0.0877. The van der Waals surface area contributed by atoms with Crippen molar-refractivity contribution in [2.24, 2.45) is 5.92 Å². The van der Waals surface area contributed by atoms with Crippen molar-refractivity contribution in [2.75, 3.05) is 37.9 Å². The van der Waals surface area contributed by atoms with E-state index in [9.17, 15) is 18.0 Å². The van der Waals surface area contributed by atoms with Crippen molar-refractivity contribution in [3.8, 4) is 11.5 Å². The fourth-order valence-electron chi connectivity index (χ4n) is 3.59. The maximum absolute atomic E-state index is 13.2. The summed E-state index contributed by atoms with van der Waals surface area (Å²) in [7, 11) is -0.876. The van der Waals surface area contributed by atoms with E-state index >= 15 is 0 Å². The van der Waals surface area contributed by atoms with E-state index in [-0.39, 0.29) is 23.3 Å². The Kier molecular flexibility index (Phi) is 7.37. The Hall–Kier alpha value is -3.11. The van der Waals surface area contributed by atoms with Gasteiger partial charge in [-0.1, -0.05) is 0 Å². The second-order valence-corrected chi connectivity index (χ2v) is 9.40. The van der Waals surface area contributed by atoms with E-state index < -0.39 is 15.9 Å². The van der Waals surface area contributed by atoms with Crippen molar-refractivity contribution in [1.29, 1.82) is 0 Å². The summed E-state index contributed by atoms with van der Waals surface area (Å²) in [5, 5.41) is 5.49. The molecule has 2 amide bonds. The van der Waals surface area contributed by atoms with Crippen LogP contribution in [0.1, 0.15) is 19.8 Å². The molecule has 2 aromatic rings. The zero-order valence-electron chi connectivity index (χ0n) is 18.3. The van der Waals surface area contributed by atoms with Crippen LogP contribution in [-0.2, 0) is 19.6 Å². The number of rotatable bonds is 7. The van der Waals surface area contributed by atoms with E-state index in [2.05, 4.69) is 10.6 Å². The minimum Gasteiger partial charge on any atom is -0.493 e. The number of carbonyl (C=O) groups excluding carboxylic acids is 2. The van der Waals surface area contributed by atoms with Gasteiger partial charge >= 0.3 is 0 Å². The van der Waals surface area contributed by atoms with Gasteiger partial charge in [-0.2, -0.15) is 4.31 Å². The molecule has 1 fully saturated rings. The number of nitrogens with one attached hydrogen (secondary N) is 2. The Labute approximate surface area is 187 Å². The molecule has 10 heteroatoms. The maximum Gasteiger partial charge on any atom is 0.243 e. The molecule has 0 spiro atoms. The summed E-state index contributed by atoms with van der Waals surface area (Å²) < 4.78 is 38.1. The first-order valence-electron chi connectivity index (χ1n) is 10.2. The zero-order valence-corrected chi connectivity index (χ0v) is 19.1. The first kappa shape index (κ1) is 23.6. The highest BCUT2D eigenvalue weighted by atomic mass is 32.2. The summed E-state index contributed by atoms with van der Waals surface area (Å²) in [5.41, 5.74) is 1.20. The number of amides is 2. The van der Waals surface area contributed by atoms with Gasteiger partial charge in [-0.25, -0.2) is 8.42 Å². The summed E-state index contributed by atoms with van der Waals surface area (Å²) in [6, 6.07) is 11.2. The van der Waals surface area contributed by atoms with Crippen LogP contribution >= 0.6 is 0 Å². The van der Waals surface area contributed by atoms with Crippen molar-refractivity contribution in [3.05, 3.63) is 42.5 Å². The van der Waals surface area contributed by atoms with Crippen LogP contribution in [0.3, 0.4) is 0 Å². The Bertz CT molecular complexity index is 1090. The molecule has 0 aliphatic carbocycles. The Balaban J connectivity index is 1.70. The molecule has 2 aromatic carbocycles. The Morgan fingerprint density at radius 1 is 0.969 bits per heavy atom. The molecule has 2 N–H and O–H groups in total. The lowest BCUT2D eigenvalue weighted by atomic mass is 9.98. The van der Waals surface area contributed by atoms with Crippen molar-refractivity contribution in [2.45, 2.75) is 24.7 Å². The van der Waals surface area contributed by atoms with Gasteiger partial charge in [-0.05, 0) is 49.2 Å². The van der Waals surface area contributed by atoms with Gasteiger partial charge < -0.3 is 20.1 Å². The SMILES string of the molecule is COc1ccc(S(=O)(=O)N2CCC[C@H](C(=O)Nc3ccc(NC(C)=O)cc3)C2)cc1OC. The number of anilines is 2. The molecule has 9 nitrogen and oxygen atoms in total. The quantitative estimate of drug-likeness (QED) is 0.655. The van der Waals surface area contributed by atoms with Crippen LogP contribution in [0.2, 0.25) is 0 Å². The standard InChI is InChI=1S/C22H27N3O6S/c1-15(26)23-17-6-8-18(9-7-17)24-22(27)16-5-4-12-25(14-16)32(28,29)19-10-11-20(30-2)21(13-19)31-3/h6-11,13,16H,4-5,12,14H2,1-3H3,(H,23,26)(H,24,27)/t16-/m0/s1. The van der Waals surface area contributed by atoms with E-state index in [4.69, 9.17) is 9.47 Å². The van der Waals surface area contributed by atoms with Crippen LogP contribution in [0.4, 0.5) is 11.4 Å². The summed E-state index contributed by atoms with van der Waals surface area (Å²) in [6.45, 7) is 1.85. The van der Waals surface area contributed by atoms with E-state index in [0.717, 1.165) is 0 Å². The van der Waals surface area contributed by atoms with Crippen LogP contribution in [-0.4, -0.2) is 51.8 Å². The molecule has 0 aromatic heterocycles. The van der Waals surface area contributed by atoms with E-state index in [1.54, 1.807) is 30.3 Å². The summed E-state index contributed by atoms with van der Waals surface area (Å²) in [6.07, 6.45) is 1.17. The first-order valence-corrected chi connectivity index (χ1v) is 11.6. The van der Waals surface area contributed by atoms with Crippen LogP contribution in [0.5, 0.6) is 11.5 Å². The maximum atomic E-state index is 13.2. The molecule has 1 atom stereocenters. The molecule has 1 saturated heterocycles. The van der Waals surface area contributed by atoms with Crippen molar-refractivity contribution in [1.82, 2.24) is 4.31 Å². The topological polar surface area (TPSA) is 114 Å². The van der Waals surface area contributed by atoms with Crippen molar-refractivity contribution >= 4 is 33.2 Å².